The van der Waals surface area contributed by atoms with Gasteiger partial charge < -0.3 is 11.1 Å². The summed E-state index contributed by atoms with van der Waals surface area (Å²) >= 11 is 0. The lowest BCUT2D eigenvalue weighted by Crippen LogP contribution is -2.18. The predicted molar refractivity (Wildman–Crippen MR) is 120 cm³/mol. The number of nitrogens with zero attached hydrogens (tertiary/aromatic N) is 1. The topological polar surface area (TPSA) is 85.1 Å². The van der Waals surface area contributed by atoms with Gasteiger partial charge in [0, 0.05) is 10.9 Å². The molecule has 148 valence electrons. The zero-order valence-electron chi connectivity index (χ0n) is 16.8. The van der Waals surface area contributed by atoms with Gasteiger partial charge in [0.05, 0.1) is 28.0 Å². The van der Waals surface area contributed by atoms with Crippen LogP contribution in [0.5, 0.6) is 0 Å². The third-order valence-corrected chi connectivity index (χ3v) is 5.06. The summed E-state index contributed by atoms with van der Waals surface area (Å²) in [6.45, 7) is 4.07. The summed E-state index contributed by atoms with van der Waals surface area (Å²) in [6.07, 6.45) is 0. The largest absolute Gasteiger partial charge is 0.366 e. The first kappa shape index (κ1) is 19.3. The van der Waals surface area contributed by atoms with E-state index in [0.29, 0.717) is 11.3 Å². The van der Waals surface area contributed by atoms with Crippen LogP contribution in [0.3, 0.4) is 0 Å². The van der Waals surface area contributed by atoms with Crippen molar-refractivity contribution < 1.29 is 9.59 Å². The molecule has 0 saturated heterocycles. The number of rotatable bonds is 4. The number of primary amides is 1. The van der Waals surface area contributed by atoms with Gasteiger partial charge in [-0.2, -0.15) is 0 Å². The Morgan fingerprint density at radius 2 is 1.60 bits per heavy atom. The number of hydrogen-bond acceptors (Lipinski definition) is 3. The van der Waals surface area contributed by atoms with Crippen LogP contribution in [0.2, 0.25) is 0 Å². The molecule has 4 aromatic rings. The van der Waals surface area contributed by atoms with Crippen LogP contribution in [0, 0.1) is 13.8 Å². The van der Waals surface area contributed by atoms with Crippen molar-refractivity contribution in [2.75, 3.05) is 5.32 Å². The summed E-state index contributed by atoms with van der Waals surface area (Å²) in [6, 6.07) is 22.1. The van der Waals surface area contributed by atoms with Gasteiger partial charge in [0.25, 0.3) is 11.8 Å². The molecule has 0 bridgehead atoms. The van der Waals surface area contributed by atoms with Crippen LogP contribution in [0.25, 0.3) is 22.2 Å². The second-order valence-corrected chi connectivity index (χ2v) is 7.25. The van der Waals surface area contributed by atoms with E-state index in [1.165, 1.54) is 0 Å². The third kappa shape index (κ3) is 3.65. The van der Waals surface area contributed by atoms with Crippen LogP contribution < -0.4 is 11.1 Å². The number of carbonyl (C=O) groups is 2. The van der Waals surface area contributed by atoms with Crippen LogP contribution in [0.4, 0.5) is 5.69 Å². The van der Waals surface area contributed by atoms with Gasteiger partial charge in [0.2, 0.25) is 0 Å². The van der Waals surface area contributed by atoms with Crippen LogP contribution in [0.1, 0.15) is 31.8 Å². The van der Waals surface area contributed by atoms with Gasteiger partial charge >= 0.3 is 0 Å². The molecule has 3 N–H and O–H groups in total. The lowest BCUT2D eigenvalue weighted by Gasteiger charge is -2.13. The maximum Gasteiger partial charge on any atom is 0.256 e. The first-order chi connectivity index (χ1) is 14.4. The Bertz CT molecular complexity index is 1290. The van der Waals surface area contributed by atoms with Crippen molar-refractivity contribution in [2.45, 2.75) is 13.8 Å². The average Bonchev–Trinajstić information content (AvgIpc) is 2.73. The first-order valence-electron chi connectivity index (χ1n) is 9.61. The lowest BCUT2D eigenvalue weighted by atomic mass is 9.99. The van der Waals surface area contributed by atoms with Crippen LogP contribution in [0.15, 0.2) is 72.8 Å². The number of hydrogen-bond donors (Lipinski definition) is 2. The summed E-state index contributed by atoms with van der Waals surface area (Å²) in [5.74, 6) is -0.922. The molecule has 1 aromatic heterocycles. The van der Waals surface area contributed by atoms with Gasteiger partial charge in [-0.3, -0.25) is 9.59 Å². The summed E-state index contributed by atoms with van der Waals surface area (Å²) in [5.41, 5.74) is 11.2. The highest BCUT2D eigenvalue weighted by Gasteiger charge is 2.17. The van der Waals surface area contributed by atoms with E-state index in [2.05, 4.69) is 11.4 Å². The van der Waals surface area contributed by atoms with E-state index in [1.54, 1.807) is 30.3 Å². The number of nitrogens with one attached hydrogen (secondary N) is 1. The molecule has 0 radical (unpaired) electrons. The molecule has 5 nitrogen and oxygen atoms in total. The summed E-state index contributed by atoms with van der Waals surface area (Å²) in [7, 11) is 0. The Kier molecular flexibility index (Phi) is 5.02. The molecular weight excluding hydrogens is 374 g/mol. The smallest absolute Gasteiger partial charge is 0.256 e. The van der Waals surface area contributed by atoms with E-state index in [4.69, 9.17) is 10.7 Å². The fourth-order valence-electron chi connectivity index (χ4n) is 3.60. The number of fused-ring (bicyclic) bond motifs is 1. The number of carbonyl (C=O) groups excluding carboxylic acids is 2. The number of pyridine rings is 1. The molecule has 0 saturated carbocycles. The Morgan fingerprint density at radius 3 is 2.37 bits per heavy atom. The number of benzene rings is 3. The van der Waals surface area contributed by atoms with Crippen molar-refractivity contribution in [1.29, 1.82) is 0 Å². The zero-order chi connectivity index (χ0) is 21.3. The minimum absolute atomic E-state index is 0.263. The molecule has 0 aliphatic rings. The van der Waals surface area contributed by atoms with Crippen LogP contribution in [-0.2, 0) is 0 Å². The fraction of sp³-hybridized carbons (Fsp3) is 0.0800. The number of nitrogens with two attached hydrogens (primary N) is 1. The monoisotopic (exact) mass is 395 g/mol. The van der Waals surface area contributed by atoms with Crippen LogP contribution >= 0.6 is 0 Å². The summed E-state index contributed by atoms with van der Waals surface area (Å²) in [4.78, 5) is 29.7. The quantitative estimate of drug-likeness (QED) is 0.517. The molecule has 0 spiro atoms. The van der Waals surface area contributed by atoms with Crippen molar-refractivity contribution >= 4 is 28.4 Å². The second-order valence-electron chi connectivity index (χ2n) is 7.25. The molecule has 0 unspecified atom stereocenters. The Hall–Kier alpha value is -3.99. The Labute approximate surface area is 174 Å². The molecule has 1 heterocycles. The van der Waals surface area contributed by atoms with Crippen molar-refractivity contribution in [1.82, 2.24) is 4.98 Å². The highest BCUT2D eigenvalue weighted by molar-refractivity contribution is 6.15. The third-order valence-electron chi connectivity index (χ3n) is 5.06. The molecule has 4 rings (SSSR count). The number of anilines is 1. The average molecular weight is 395 g/mol. The molecule has 30 heavy (non-hydrogen) atoms. The van der Waals surface area contributed by atoms with Gasteiger partial charge in [0.15, 0.2) is 0 Å². The van der Waals surface area contributed by atoms with E-state index in [0.717, 1.165) is 33.3 Å². The maximum atomic E-state index is 13.2. The standard InChI is InChI=1S/C25H21N3O2/c1-15-11-12-17(16(2)13-15)23-14-20(18-7-3-5-9-21(18)27-23)25(30)28-22-10-6-4-8-19(22)24(26)29/h3-14H,1-2H3,(H2,26,29)(H,28,30). The minimum atomic E-state index is -0.596. The Morgan fingerprint density at radius 1 is 0.867 bits per heavy atom. The molecule has 0 aliphatic carbocycles. The molecule has 2 amide bonds. The van der Waals surface area contributed by atoms with Gasteiger partial charge in [-0.15, -0.1) is 0 Å². The van der Waals surface area contributed by atoms with Crippen molar-refractivity contribution in [3.8, 4) is 11.3 Å². The van der Waals surface area contributed by atoms with Crippen molar-refractivity contribution in [3.63, 3.8) is 0 Å². The highest BCUT2D eigenvalue weighted by atomic mass is 16.2. The van der Waals surface area contributed by atoms with Crippen LogP contribution in [-0.4, -0.2) is 16.8 Å². The summed E-state index contributed by atoms with van der Waals surface area (Å²) < 4.78 is 0. The normalized spacial score (nSPS) is 10.7. The Balaban J connectivity index is 1.84. The second kappa shape index (κ2) is 7.79. The summed E-state index contributed by atoms with van der Waals surface area (Å²) in [5, 5.41) is 3.57. The molecular formula is C25H21N3O2. The van der Waals surface area contributed by atoms with Crippen molar-refractivity contribution in [3.05, 3.63) is 95.1 Å². The van der Waals surface area contributed by atoms with E-state index in [1.807, 2.05) is 50.2 Å². The maximum absolute atomic E-state index is 13.2. The van der Waals surface area contributed by atoms with E-state index in [-0.39, 0.29) is 11.5 Å². The fourth-order valence-corrected chi connectivity index (χ4v) is 3.60. The van der Waals surface area contributed by atoms with Gasteiger partial charge in [-0.05, 0) is 43.7 Å². The molecule has 0 fully saturated rings. The SMILES string of the molecule is Cc1ccc(-c2cc(C(=O)Nc3ccccc3C(N)=O)c3ccccc3n2)c(C)c1. The molecule has 5 heteroatoms. The minimum Gasteiger partial charge on any atom is -0.366 e. The number of amides is 2. The number of aryl methyl sites for hydroxylation is 2. The molecule has 3 aromatic carbocycles. The first-order valence-corrected chi connectivity index (χ1v) is 9.61. The van der Waals surface area contributed by atoms with Gasteiger partial charge in [-0.1, -0.05) is 54.1 Å². The van der Waals surface area contributed by atoms with Gasteiger partial charge in [0.1, 0.15) is 0 Å². The van der Waals surface area contributed by atoms with Gasteiger partial charge in [-0.25, -0.2) is 4.98 Å². The predicted octanol–water partition coefficient (Wildman–Crippen LogP) is 4.87. The van der Waals surface area contributed by atoms with Crippen molar-refractivity contribution in [2.24, 2.45) is 5.73 Å². The molecule has 0 atom stereocenters. The highest BCUT2D eigenvalue weighted by Crippen LogP contribution is 2.28. The lowest BCUT2D eigenvalue weighted by molar-refractivity contribution is 0.100. The van der Waals surface area contributed by atoms with E-state index < -0.39 is 5.91 Å². The van der Waals surface area contributed by atoms with E-state index in [9.17, 15) is 9.59 Å². The number of aromatic nitrogens is 1. The molecule has 0 aliphatic heterocycles. The zero-order valence-corrected chi connectivity index (χ0v) is 16.8. The number of para-hydroxylation sites is 2. The van der Waals surface area contributed by atoms with E-state index >= 15 is 0 Å².